The Kier molecular flexibility index (Phi) is 4.97. The van der Waals surface area contributed by atoms with Gasteiger partial charge >= 0.3 is 5.97 Å². The number of carboxylic acids is 1. The van der Waals surface area contributed by atoms with Crippen molar-refractivity contribution < 1.29 is 33.3 Å². The Bertz CT molecular complexity index is 1140. The van der Waals surface area contributed by atoms with E-state index in [4.69, 9.17) is 18.6 Å². The topological polar surface area (TPSA) is 98.4 Å². The number of rotatable bonds is 5. The number of amides is 1. The zero-order valence-corrected chi connectivity index (χ0v) is 17.3. The van der Waals surface area contributed by atoms with Crippen molar-refractivity contribution in [2.75, 3.05) is 20.4 Å². The number of carbonyl (C=O) groups is 2. The molecular weight excluding hydrogens is 414 g/mol. The molecule has 1 saturated heterocycles. The molecule has 1 amide bonds. The summed E-state index contributed by atoms with van der Waals surface area (Å²) >= 11 is 0. The van der Waals surface area contributed by atoms with Gasteiger partial charge in [-0.3, -0.25) is 9.59 Å². The Morgan fingerprint density at radius 2 is 1.78 bits per heavy atom. The third-order valence-electron chi connectivity index (χ3n) is 6.06. The maximum absolute atomic E-state index is 13.3. The number of carbonyl (C=O) groups excluding carboxylic acids is 1. The molecule has 2 aromatic carbocycles. The van der Waals surface area contributed by atoms with Crippen LogP contribution >= 0.6 is 0 Å². The van der Waals surface area contributed by atoms with Crippen LogP contribution in [0.5, 0.6) is 17.2 Å². The van der Waals surface area contributed by atoms with Crippen LogP contribution < -0.4 is 14.2 Å². The maximum atomic E-state index is 13.3. The van der Waals surface area contributed by atoms with Crippen molar-refractivity contribution in [2.24, 2.45) is 5.92 Å². The average molecular weight is 435 g/mol. The second-order valence-electron chi connectivity index (χ2n) is 7.74. The molecule has 0 bridgehead atoms. The quantitative estimate of drug-likeness (QED) is 0.652. The normalized spacial score (nSPS) is 21.5. The van der Waals surface area contributed by atoms with E-state index in [1.807, 2.05) is 6.07 Å². The molecule has 164 valence electrons. The van der Waals surface area contributed by atoms with E-state index in [1.165, 1.54) is 6.26 Å². The van der Waals surface area contributed by atoms with E-state index in [0.717, 1.165) is 5.56 Å². The van der Waals surface area contributed by atoms with Gasteiger partial charge in [0.15, 0.2) is 17.3 Å². The van der Waals surface area contributed by atoms with Gasteiger partial charge in [-0.15, -0.1) is 0 Å². The molecule has 1 aromatic heterocycles. The van der Waals surface area contributed by atoms with Gasteiger partial charge in [-0.1, -0.05) is 18.2 Å². The maximum Gasteiger partial charge on any atom is 0.309 e. The number of likely N-dealkylation sites (tertiary alicyclic amines) is 1. The molecule has 2 aliphatic rings. The third kappa shape index (κ3) is 3.33. The second kappa shape index (κ2) is 7.96. The number of fused-ring (bicyclic) bond motifs is 1. The first-order chi connectivity index (χ1) is 15.6. The van der Waals surface area contributed by atoms with Crippen LogP contribution in [0.15, 0.2) is 65.3 Å². The number of carboxylic acid groups (broad SMARTS) is 1. The Balaban J connectivity index is 1.59. The summed E-state index contributed by atoms with van der Waals surface area (Å²) in [5.41, 5.74) is 1.48. The molecule has 8 heteroatoms. The largest absolute Gasteiger partial charge is 0.497 e. The standard InChI is InChI=1S/C24H21NO7/c1-29-16-7-4-14(5-8-16)22-21(24(27)28)17(12-25(22)23(26)19-3-2-10-30-19)15-6-9-18-20(11-15)32-13-31-18/h2-11,17,21-22H,12-13H2,1H3,(H,27,28)/t17-,21+,22-/m1/s1. The predicted octanol–water partition coefficient (Wildman–Crippen LogP) is 3.70. The number of hydrogen-bond acceptors (Lipinski definition) is 6. The Labute approximate surface area is 183 Å². The monoisotopic (exact) mass is 435 g/mol. The van der Waals surface area contributed by atoms with E-state index in [0.29, 0.717) is 22.8 Å². The van der Waals surface area contributed by atoms with Gasteiger partial charge in [-0.2, -0.15) is 0 Å². The van der Waals surface area contributed by atoms with Gasteiger partial charge in [0.1, 0.15) is 5.75 Å². The lowest BCUT2D eigenvalue weighted by Gasteiger charge is -2.26. The van der Waals surface area contributed by atoms with Gasteiger partial charge in [0.05, 0.1) is 25.3 Å². The van der Waals surface area contributed by atoms with Gasteiger partial charge in [0, 0.05) is 12.5 Å². The van der Waals surface area contributed by atoms with Crippen molar-refractivity contribution >= 4 is 11.9 Å². The summed E-state index contributed by atoms with van der Waals surface area (Å²) in [6.07, 6.45) is 1.43. The Morgan fingerprint density at radius 3 is 2.47 bits per heavy atom. The van der Waals surface area contributed by atoms with Gasteiger partial charge in [-0.25, -0.2) is 0 Å². The van der Waals surface area contributed by atoms with Crippen LogP contribution in [0.25, 0.3) is 0 Å². The van der Waals surface area contributed by atoms with Crippen molar-refractivity contribution in [3.05, 3.63) is 77.7 Å². The molecule has 0 saturated carbocycles. The Morgan fingerprint density at radius 1 is 1.03 bits per heavy atom. The van der Waals surface area contributed by atoms with Crippen molar-refractivity contribution in [3.8, 4) is 17.2 Å². The molecule has 3 atom stereocenters. The average Bonchev–Trinajstić information content (AvgIpc) is 3.57. The number of furan rings is 1. The first-order valence-corrected chi connectivity index (χ1v) is 10.2. The van der Waals surface area contributed by atoms with E-state index in [2.05, 4.69) is 0 Å². The number of hydrogen-bond donors (Lipinski definition) is 1. The molecule has 0 radical (unpaired) electrons. The Hall–Kier alpha value is -3.94. The summed E-state index contributed by atoms with van der Waals surface area (Å²) in [5, 5.41) is 10.3. The smallest absolute Gasteiger partial charge is 0.309 e. The highest BCUT2D eigenvalue weighted by Crippen LogP contribution is 2.48. The van der Waals surface area contributed by atoms with Crippen molar-refractivity contribution in [2.45, 2.75) is 12.0 Å². The van der Waals surface area contributed by atoms with E-state index in [-0.39, 0.29) is 25.0 Å². The van der Waals surface area contributed by atoms with E-state index in [1.54, 1.807) is 60.5 Å². The van der Waals surface area contributed by atoms with Gasteiger partial charge in [-0.05, 0) is 47.5 Å². The molecular formula is C24H21NO7. The molecule has 8 nitrogen and oxygen atoms in total. The van der Waals surface area contributed by atoms with Gasteiger partial charge in [0.2, 0.25) is 6.79 Å². The molecule has 0 aliphatic carbocycles. The van der Waals surface area contributed by atoms with Crippen LogP contribution in [-0.2, 0) is 4.79 Å². The SMILES string of the molecule is COc1ccc([C@@H]2[C@@H](C(=O)O)[C@@H](c3ccc4c(c3)OCO4)CN2C(=O)c2ccco2)cc1. The fraction of sp³-hybridized carbons (Fsp3) is 0.250. The number of nitrogens with zero attached hydrogens (tertiary/aromatic N) is 1. The summed E-state index contributed by atoms with van der Waals surface area (Å²) in [5.74, 6) is -0.657. The highest BCUT2D eigenvalue weighted by molar-refractivity contribution is 5.93. The molecule has 0 spiro atoms. The van der Waals surface area contributed by atoms with Crippen LogP contribution in [0.2, 0.25) is 0 Å². The molecule has 3 heterocycles. The lowest BCUT2D eigenvalue weighted by molar-refractivity contribution is -0.143. The van der Waals surface area contributed by atoms with Crippen molar-refractivity contribution in [1.29, 1.82) is 0 Å². The van der Waals surface area contributed by atoms with Crippen molar-refractivity contribution in [3.63, 3.8) is 0 Å². The van der Waals surface area contributed by atoms with Gasteiger partial charge < -0.3 is 28.6 Å². The summed E-state index contributed by atoms with van der Waals surface area (Å²) < 4.78 is 21.4. The lowest BCUT2D eigenvalue weighted by Crippen LogP contribution is -2.33. The van der Waals surface area contributed by atoms with Crippen LogP contribution in [0.1, 0.15) is 33.6 Å². The minimum atomic E-state index is -0.983. The number of methoxy groups -OCH3 is 1. The van der Waals surface area contributed by atoms with E-state index >= 15 is 0 Å². The van der Waals surface area contributed by atoms with E-state index in [9.17, 15) is 14.7 Å². The molecule has 32 heavy (non-hydrogen) atoms. The minimum absolute atomic E-state index is 0.128. The highest BCUT2D eigenvalue weighted by Gasteiger charge is 2.50. The molecule has 2 aliphatic heterocycles. The van der Waals surface area contributed by atoms with Crippen LogP contribution in [0.3, 0.4) is 0 Å². The fourth-order valence-corrected chi connectivity index (χ4v) is 4.56. The summed E-state index contributed by atoms with van der Waals surface area (Å²) in [4.78, 5) is 27.4. The first-order valence-electron chi connectivity index (χ1n) is 10.2. The summed E-state index contributed by atoms with van der Waals surface area (Å²) in [7, 11) is 1.56. The molecule has 3 aromatic rings. The van der Waals surface area contributed by atoms with E-state index < -0.39 is 23.8 Å². The third-order valence-corrected chi connectivity index (χ3v) is 6.06. The number of benzene rings is 2. The summed E-state index contributed by atoms with van der Waals surface area (Å²) in [6.45, 7) is 0.343. The zero-order valence-electron chi connectivity index (χ0n) is 17.3. The van der Waals surface area contributed by atoms with Crippen LogP contribution in [0.4, 0.5) is 0 Å². The summed E-state index contributed by atoms with van der Waals surface area (Å²) in [6, 6.07) is 15.0. The number of ether oxygens (including phenoxy) is 3. The van der Waals surface area contributed by atoms with Crippen molar-refractivity contribution in [1.82, 2.24) is 4.90 Å². The highest BCUT2D eigenvalue weighted by atomic mass is 16.7. The van der Waals surface area contributed by atoms with Gasteiger partial charge in [0.25, 0.3) is 5.91 Å². The molecule has 5 rings (SSSR count). The zero-order chi connectivity index (χ0) is 22.2. The molecule has 0 unspecified atom stereocenters. The predicted molar refractivity (Wildman–Crippen MR) is 112 cm³/mol. The van der Waals surface area contributed by atoms with Crippen LogP contribution in [0, 0.1) is 5.92 Å². The first kappa shape index (κ1) is 20.0. The molecule has 1 N–H and O–H groups in total. The fourth-order valence-electron chi connectivity index (χ4n) is 4.56. The molecule has 1 fully saturated rings. The van der Waals surface area contributed by atoms with Crippen LogP contribution in [-0.4, -0.2) is 42.3 Å². The number of aliphatic carboxylic acids is 1. The lowest BCUT2D eigenvalue weighted by atomic mass is 9.82. The second-order valence-corrected chi connectivity index (χ2v) is 7.74. The minimum Gasteiger partial charge on any atom is -0.497 e.